The zero-order valence-electron chi connectivity index (χ0n) is 13.4. The Morgan fingerprint density at radius 2 is 1.96 bits per heavy atom. The van der Waals surface area contributed by atoms with Crippen molar-refractivity contribution in [3.05, 3.63) is 58.3 Å². The van der Waals surface area contributed by atoms with E-state index in [9.17, 15) is 5.11 Å². The Labute approximate surface area is 160 Å². The fourth-order valence-electron chi connectivity index (χ4n) is 2.27. The van der Waals surface area contributed by atoms with E-state index >= 15 is 0 Å². The number of nitrogens with zero attached hydrogens (tertiary/aromatic N) is 2. The van der Waals surface area contributed by atoms with E-state index < -0.39 is 6.10 Å². The molecule has 1 heterocycles. The average Bonchev–Trinajstić information content (AvgIpc) is 2.60. The van der Waals surface area contributed by atoms with Gasteiger partial charge in [0.25, 0.3) is 0 Å². The van der Waals surface area contributed by atoms with Gasteiger partial charge in [0, 0.05) is 22.2 Å². The molecule has 3 rings (SSSR count). The summed E-state index contributed by atoms with van der Waals surface area (Å²) in [6.07, 6.45) is -0.672. The number of ether oxygens (including phenoxy) is 1. The Hall–Kier alpha value is -1.53. The van der Waals surface area contributed by atoms with Crippen LogP contribution in [0.25, 0.3) is 10.9 Å². The van der Waals surface area contributed by atoms with E-state index in [1.807, 2.05) is 31.2 Å². The third kappa shape index (κ3) is 4.76. The Morgan fingerprint density at radius 3 is 2.80 bits per heavy atom. The highest BCUT2D eigenvalue weighted by Gasteiger charge is 2.12. The molecule has 1 aromatic heterocycles. The summed E-state index contributed by atoms with van der Waals surface area (Å²) < 4.78 is 5.57. The minimum absolute atomic E-state index is 0.120. The van der Waals surface area contributed by atoms with Crippen LogP contribution in [0.2, 0.25) is 10.0 Å². The van der Waals surface area contributed by atoms with Gasteiger partial charge in [-0.25, -0.2) is 9.97 Å². The molecule has 25 heavy (non-hydrogen) atoms. The van der Waals surface area contributed by atoms with E-state index in [0.717, 1.165) is 15.9 Å². The molecule has 0 aliphatic rings. The first kappa shape index (κ1) is 18.3. The van der Waals surface area contributed by atoms with Crippen molar-refractivity contribution in [1.29, 1.82) is 0 Å². The van der Waals surface area contributed by atoms with Crippen LogP contribution in [0.1, 0.15) is 5.82 Å². The molecule has 0 spiro atoms. The van der Waals surface area contributed by atoms with Gasteiger partial charge < -0.3 is 9.84 Å². The van der Waals surface area contributed by atoms with E-state index in [-0.39, 0.29) is 6.61 Å². The lowest BCUT2D eigenvalue weighted by Crippen LogP contribution is -2.20. The second-order valence-corrected chi connectivity index (χ2v) is 7.30. The molecule has 0 amide bonds. The maximum absolute atomic E-state index is 10.2. The molecule has 0 unspecified atom stereocenters. The van der Waals surface area contributed by atoms with E-state index in [1.54, 1.807) is 18.2 Å². The SMILES string of the molecule is Cc1nc(SC[C@@H](O)COc2cc(Cl)ccc2Cl)c2ccccc2n1. The highest BCUT2D eigenvalue weighted by molar-refractivity contribution is 7.99. The third-order valence-corrected chi connectivity index (χ3v) is 5.10. The van der Waals surface area contributed by atoms with Gasteiger partial charge in [0.05, 0.1) is 16.6 Å². The predicted octanol–water partition coefficient (Wildman–Crippen LogP) is 4.78. The molecule has 4 nitrogen and oxygen atoms in total. The molecule has 2 aromatic carbocycles. The molecule has 0 bridgehead atoms. The smallest absolute Gasteiger partial charge is 0.139 e. The largest absolute Gasteiger partial charge is 0.489 e. The lowest BCUT2D eigenvalue weighted by Gasteiger charge is -2.13. The third-order valence-electron chi connectivity index (χ3n) is 3.42. The molecule has 0 saturated heterocycles. The van der Waals surface area contributed by atoms with Gasteiger partial charge in [-0.1, -0.05) is 41.4 Å². The second-order valence-electron chi connectivity index (χ2n) is 5.44. The van der Waals surface area contributed by atoms with Crippen LogP contribution in [0.15, 0.2) is 47.5 Å². The van der Waals surface area contributed by atoms with Crippen LogP contribution in [-0.2, 0) is 0 Å². The van der Waals surface area contributed by atoms with Crippen LogP contribution in [-0.4, -0.2) is 33.5 Å². The summed E-state index contributed by atoms with van der Waals surface area (Å²) in [6.45, 7) is 1.98. The van der Waals surface area contributed by atoms with Gasteiger partial charge in [-0.05, 0) is 25.1 Å². The van der Waals surface area contributed by atoms with E-state index in [4.69, 9.17) is 27.9 Å². The van der Waals surface area contributed by atoms with Crippen LogP contribution in [0, 0.1) is 6.92 Å². The number of halogens is 2. The van der Waals surface area contributed by atoms with Crippen molar-refractivity contribution in [2.75, 3.05) is 12.4 Å². The van der Waals surface area contributed by atoms with Gasteiger partial charge in [-0.15, -0.1) is 11.8 Å². The van der Waals surface area contributed by atoms with Gasteiger partial charge in [0.1, 0.15) is 23.2 Å². The zero-order chi connectivity index (χ0) is 17.8. The lowest BCUT2D eigenvalue weighted by molar-refractivity contribution is 0.126. The number of hydrogen-bond acceptors (Lipinski definition) is 5. The summed E-state index contributed by atoms with van der Waals surface area (Å²) in [5, 5.41) is 13.0. The van der Waals surface area contributed by atoms with Crippen LogP contribution < -0.4 is 4.74 Å². The molecular weight excluding hydrogens is 379 g/mol. The molecule has 3 aromatic rings. The number of rotatable bonds is 6. The van der Waals surface area contributed by atoms with E-state index in [0.29, 0.717) is 27.4 Å². The first-order chi connectivity index (χ1) is 12.0. The highest BCUT2D eigenvalue weighted by Crippen LogP contribution is 2.29. The molecular formula is C18H16Cl2N2O2S. The summed E-state index contributed by atoms with van der Waals surface area (Å²) in [5.74, 6) is 1.61. The number of aliphatic hydroxyl groups is 1. The number of fused-ring (bicyclic) bond motifs is 1. The van der Waals surface area contributed by atoms with Gasteiger partial charge >= 0.3 is 0 Å². The molecule has 0 aliphatic heterocycles. The van der Waals surface area contributed by atoms with E-state index in [2.05, 4.69) is 9.97 Å². The Kier molecular flexibility index (Phi) is 6.02. The molecule has 7 heteroatoms. The minimum atomic E-state index is -0.672. The number of benzene rings is 2. The fourth-order valence-corrected chi connectivity index (χ4v) is 3.57. The molecule has 0 fully saturated rings. The Balaban J connectivity index is 1.63. The fraction of sp³-hybridized carbons (Fsp3) is 0.222. The number of aromatic nitrogens is 2. The first-order valence-electron chi connectivity index (χ1n) is 7.65. The van der Waals surface area contributed by atoms with Crippen molar-refractivity contribution >= 4 is 45.9 Å². The van der Waals surface area contributed by atoms with Crippen molar-refractivity contribution in [2.45, 2.75) is 18.1 Å². The summed E-state index contributed by atoms with van der Waals surface area (Å²) in [6, 6.07) is 12.8. The topological polar surface area (TPSA) is 55.2 Å². The summed E-state index contributed by atoms with van der Waals surface area (Å²) in [4.78, 5) is 8.90. The van der Waals surface area contributed by atoms with Crippen molar-refractivity contribution in [3.63, 3.8) is 0 Å². The summed E-state index contributed by atoms with van der Waals surface area (Å²) in [5.41, 5.74) is 0.897. The molecule has 0 saturated carbocycles. The van der Waals surface area contributed by atoms with Crippen molar-refractivity contribution in [2.24, 2.45) is 0 Å². The van der Waals surface area contributed by atoms with Crippen molar-refractivity contribution in [3.8, 4) is 5.75 Å². The first-order valence-corrected chi connectivity index (χ1v) is 9.39. The van der Waals surface area contributed by atoms with Crippen LogP contribution in [0.3, 0.4) is 0 Å². The Morgan fingerprint density at radius 1 is 1.16 bits per heavy atom. The molecule has 130 valence electrons. The Bertz CT molecular complexity index is 892. The van der Waals surface area contributed by atoms with Gasteiger partial charge in [0.2, 0.25) is 0 Å². The van der Waals surface area contributed by atoms with Gasteiger partial charge in [-0.2, -0.15) is 0 Å². The molecule has 1 atom stereocenters. The van der Waals surface area contributed by atoms with Gasteiger partial charge in [0.15, 0.2) is 0 Å². The second kappa shape index (κ2) is 8.23. The number of para-hydroxylation sites is 1. The summed E-state index contributed by atoms with van der Waals surface area (Å²) >= 11 is 13.4. The van der Waals surface area contributed by atoms with E-state index in [1.165, 1.54) is 11.8 Å². The quantitative estimate of drug-likeness (QED) is 0.481. The monoisotopic (exact) mass is 394 g/mol. The average molecular weight is 395 g/mol. The minimum Gasteiger partial charge on any atom is -0.489 e. The van der Waals surface area contributed by atoms with Crippen LogP contribution in [0.4, 0.5) is 0 Å². The van der Waals surface area contributed by atoms with Crippen LogP contribution in [0.5, 0.6) is 5.75 Å². The molecule has 0 radical (unpaired) electrons. The predicted molar refractivity (Wildman–Crippen MR) is 103 cm³/mol. The van der Waals surface area contributed by atoms with Crippen molar-refractivity contribution in [1.82, 2.24) is 9.97 Å². The van der Waals surface area contributed by atoms with Crippen molar-refractivity contribution < 1.29 is 9.84 Å². The van der Waals surface area contributed by atoms with Gasteiger partial charge in [-0.3, -0.25) is 0 Å². The number of thioether (sulfide) groups is 1. The highest BCUT2D eigenvalue weighted by atomic mass is 35.5. The standard InChI is InChI=1S/C18H16Cl2N2O2S/c1-11-21-16-5-3-2-4-14(16)18(22-11)25-10-13(23)9-24-17-8-12(19)6-7-15(17)20/h2-8,13,23H,9-10H2,1H3/t13-/m0/s1. The normalized spacial score (nSPS) is 12.3. The maximum Gasteiger partial charge on any atom is 0.139 e. The number of hydrogen-bond donors (Lipinski definition) is 1. The lowest BCUT2D eigenvalue weighted by atomic mass is 10.2. The number of aliphatic hydroxyl groups excluding tert-OH is 1. The molecule has 1 N–H and O–H groups in total. The zero-order valence-corrected chi connectivity index (χ0v) is 15.8. The maximum atomic E-state index is 10.2. The van der Waals surface area contributed by atoms with Crippen LogP contribution >= 0.6 is 35.0 Å². The molecule has 0 aliphatic carbocycles. The number of aryl methyl sites for hydroxylation is 1. The summed E-state index contributed by atoms with van der Waals surface area (Å²) in [7, 11) is 0.